The molecule has 0 N–H and O–H groups in total. The molecule has 0 radical (unpaired) electrons. The summed E-state index contributed by atoms with van der Waals surface area (Å²) in [4.78, 5) is 12.7. The van der Waals surface area contributed by atoms with E-state index in [9.17, 15) is 27.7 Å². The molecule has 0 amide bonds. The monoisotopic (exact) mass is 254 g/mol. The van der Waals surface area contributed by atoms with Crippen molar-refractivity contribution in [2.75, 3.05) is 0 Å². The highest BCUT2D eigenvalue weighted by atomic mass is 19.4. The number of pyridine rings is 1. The Balaban J connectivity index is 3.26. The van der Waals surface area contributed by atoms with Crippen LogP contribution in [-0.4, -0.2) is 16.3 Å². The Labute approximate surface area is 92.2 Å². The number of aryl methyl sites for hydroxylation is 1. The average molecular weight is 254 g/mol. The molecule has 0 aliphatic carbocycles. The molecule has 0 bridgehead atoms. The number of hydrogen-bond donors (Lipinski definition) is 0. The van der Waals surface area contributed by atoms with Gasteiger partial charge in [-0.25, -0.2) is 4.39 Å². The van der Waals surface area contributed by atoms with Gasteiger partial charge in [0.1, 0.15) is 6.67 Å². The summed E-state index contributed by atoms with van der Waals surface area (Å²) in [6.07, 6.45) is -5.01. The van der Waals surface area contributed by atoms with Gasteiger partial charge in [-0.1, -0.05) is 0 Å². The van der Waals surface area contributed by atoms with Crippen LogP contribution in [0.3, 0.4) is 0 Å². The van der Waals surface area contributed by atoms with Crippen molar-refractivity contribution in [3.8, 4) is 5.75 Å². The third kappa shape index (κ3) is 3.26. The van der Waals surface area contributed by atoms with Gasteiger partial charge in [-0.2, -0.15) is 0 Å². The van der Waals surface area contributed by atoms with Crippen LogP contribution in [0, 0.1) is 17.0 Å². The summed E-state index contributed by atoms with van der Waals surface area (Å²) in [5.74, 6) is -1.57. The normalized spacial score (nSPS) is 11.4. The summed E-state index contributed by atoms with van der Waals surface area (Å²) in [5, 5.41) is 10.4. The molecule has 0 fully saturated rings. The zero-order valence-corrected chi connectivity index (χ0v) is 8.42. The van der Waals surface area contributed by atoms with Gasteiger partial charge in [0.15, 0.2) is 11.4 Å². The third-order valence-corrected chi connectivity index (χ3v) is 1.75. The molecule has 5 nitrogen and oxygen atoms in total. The van der Waals surface area contributed by atoms with Crippen LogP contribution in [-0.2, 0) is 6.67 Å². The predicted octanol–water partition coefficient (Wildman–Crippen LogP) is 2.67. The van der Waals surface area contributed by atoms with Crippen molar-refractivity contribution in [3.63, 3.8) is 0 Å². The first-order valence-electron chi connectivity index (χ1n) is 4.21. The van der Waals surface area contributed by atoms with E-state index in [2.05, 4.69) is 9.72 Å². The van der Waals surface area contributed by atoms with Gasteiger partial charge in [-0.3, -0.25) is 0 Å². The molecule has 1 rings (SSSR count). The highest BCUT2D eigenvalue weighted by Crippen LogP contribution is 2.31. The van der Waals surface area contributed by atoms with Gasteiger partial charge in [0.2, 0.25) is 0 Å². The maximum atomic E-state index is 12.5. The lowest BCUT2D eigenvalue weighted by molar-refractivity contribution is -0.389. The second kappa shape index (κ2) is 4.52. The van der Waals surface area contributed by atoms with Crippen molar-refractivity contribution >= 4 is 5.82 Å². The molecule has 0 spiro atoms. The first-order valence-corrected chi connectivity index (χ1v) is 4.21. The molecule has 1 aromatic heterocycles. The zero-order chi connectivity index (χ0) is 13.2. The Hall–Kier alpha value is -1.93. The highest BCUT2D eigenvalue weighted by molar-refractivity contribution is 5.42. The van der Waals surface area contributed by atoms with Crippen LogP contribution < -0.4 is 4.74 Å². The number of nitro groups is 1. The fourth-order valence-electron chi connectivity index (χ4n) is 1.16. The summed E-state index contributed by atoms with van der Waals surface area (Å²) in [7, 11) is 0. The smallest absolute Gasteiger partial charge is 0.401 e. The minimum absolute atomic E-state index is 0.399. The quantitative estimate of drug-likeness (QED) is 0.472. The largest absolute Gasteiger partial charge is 0.573 e. The number of aromatic nitrogens is 1. The van der Waals surface area contributed by atoms with Gasteiger partial charge in [0.25, 0.3) is 0 Å². The Morgan fingerprint density at radius 2 is 2.12 bits per heavy atom. The molecule has 0 atom stereocenters. The van der Waals surface area contributed by atoms with Crippen LogP contribution in [0.15, 0.2) is 6.07 Å². The second-order valence-electron chi connectivity index (χ2n) is 2.99. The van der Waals surface area contributed by atoms with Gasteiger partial charge in [-0.05, 0) is 9.91 Å². The van der Waals surface area contributed by atoms with Gasteiger partial charge >= 0.3 is 12.2 Å². The van der Waals surface area contributed by atoms with Gasteiger partial charge in [0, 0.05) is 18.6 Å². The molecule has 0 aliphatic heterocycles. The van der Waals surface area contributed by atoms with Crippen LogP contribution in [0.5, 0.6) is 5.75 Å². The van der Waals surface area contributed by atoms with E-state index in [0.717, 1.165) is 6.92 Å². The molecular weight excluding hydrogens is 248 g/mol. The number of ether oxygens (including phenoxy) is 1. The van der Waals surface area contributed by atoms with Crippen molar-refractivity contribution in [1.29, 1.82) is 0 Å². The average Bonchev–Trinajstić information content (AvgIpc) is 2.18. The summed E-state index contributed by atoms with van der Waals surface area (Å²) < 4.78 is 52.0. The minimum Gasteiger partial charge on any atom is -0.401 e. The topological polar surface area (TPSA) is 65.3 Å². The third-order valence-electron chi connectivity index (χ3n) is 1.75. The SMILES string of the molecule is Cc1nc([N+](=O)[O-])cc(CF)c1OC(F)(F)F. The molecule has 1 aromatic rings. The lowest BCUT2D eigenvalue weighted by Gasteiger charge is -2.11. The van der Waals surface area contributed by atoms with E-state index >= 15 is 0 Å². The first-order chi connectivity index (χ1) is 7.74. The van der Waals surface area contributed by atoms with E-state index in [4.69, 9.17) is 0 Å². The Bertz CT molecular complexity index is 447. The van der Waals surface area contributed by atoms with Crippen molar-refractivity contribution < 1.29 is 27.2 Å². The molecular formula is C8H6F4N2O3. The molecule has 94 valence electrons. The van der Waals surface area contributed by atoms with E-state index in [0.29, 0.717) is 6.07 Å². The van der Waals surface area contributed by atoms with E-state index in [1.165, 1.54) is 0 Å². The standard InChI is InChI=1S/C8H6F4N2O3/c1-4-7(17-8(10,11)12)5(3-9)2-6(13-4)14(15)16/h2H,3H2,1H3. The Morgan fingerprint density at radius 1 is 1.53 bits per heavy atom. The second-order valence-corrected chi connectivity index (χ2v) is 2.99. The molecule has 17 heavy (non-hydrogen) atoms. The lowest BCUT2D eigenvalue weighted by atomic mass is 10.2. The van der Waals surface area contributed by atoms with Crippen LogP contribution in [0.2, 0.25) is 0 Å². The fraction of sp³-hybridized carbons (Fsp3) is 0.375. The summed E-state index contributed by atoms with van der Waals surface area (Å²) in [6.45, 7) is -0.261. The molecule has 0 saturated heterocycles. The fourth-order valence-corrected chi connectivity index (χ4v) is 1.16. The van der Waals surface area contributed by atoms with Gasteiger partial charge in [0.05, 0.1) is 0 Å². The minimum atomic E-state index is -5.01. The van der Waals surface area contributed by atoms with Crippen molar-refractivity contribution in [2.24, 2.45) is 0 Å². The number of nitrogens with zero attached hydrogens (tertiary/aromatic N) is 2. The zero-order valence-electron chi connectivity index (χ0n) is 8.42. The molecule has 0 aromatic carbocycles. The highest BCUT2D eigenvalue weighted by Gasteiger charge is 2.34. The number of rotatable bonds is 3. The van der Waals surface area contributed by atoms with Gasteiger partial charge < -0.3 is 14.9 Å². The van der Waals surface area contributed by atoms with Crippen LogP contribution >= 0.6 is 0 Å². The maximum Gasteiger partial charge on any atom is 0.573 e. The summed E-state index contributed by atoms with van der Waals surface area (Å²) in [5.41, 5.74) is -0.967. The Kier molecular flexibility index (Phi) is 3.49. The maximum absolute atomic E-state index is 12.5. The van der Waals surface area contributed by atoms with E-state index < -0.39 is 40.8 Å². The van der Waals surface area contributed by atoms with E-state index in [1.807, 2.05) is 0 Å². The molecule has 0 saturated carbocycles. The van der Waals surface area contributed by atoms with Crippen LogP contribution in [0.4, 0.5) is 23.4 Å². The molecule has 0 aliphatic rings. The molecule has 9 heteroatoms. The molecule has 1 heterocycles. The Morgan fingerprint density at radius 3 is 2.53 bits per heavy atom. The summed E-state index contributed by atoms with van der Waals surface area (Å²) >= 11 is 0. The van der Waals surface area contributed by atoms with E-state index in [1.54, 1.807) is 0 Å². The van der Waals surface area contributed by atoms with Crippen molar-refractivity contribution in [3.05, 3.63) is 27.4 Å². The van der Waals surface area contributed by atoms with Crippen molar-refractivity contribution in [1.82, 2.24) is 4.98 Å². The van der Waals surface area contributed by atoms with Crippen molar-refractivity contribution in [2.45, 2.75) is 20.0 Å². The van der Waals surface area contributed by atoms with E-state index in [-0.39, 0.29) is 0 Å². The number of alkyl halides is 4. The van der Waals surface area contributed by atoms with Gasteiger partial charge in [-0.15, -0.1) is 13.2 Å². The van der Waals surface area contributed by atoms with Crippen LogP contribution in [0.1, 0.15) is 11.3 Å². The number of halogens is 4. The van der Waals surface area contributed by atoms with Crippen LogP contribution in [0.25, 0.3) is 0 Å². The predicted molar refractivity (Wildman–Crippen MR) is 47.1 cm³/mol. The lowest BCUT2D eigenvalue weighted by Crippen LogP contribution is -2.19. The molecule has 0 unspecified atom stereocenters. The number of hydrogen-bond acceptors (Lipinski definition) is 4. The summed E-state index contributed by atoms with van der Waals surface area (Å²) in [6, 6.07) is 0.605. The first kappa shape index (κ1) is 13.1.